The molecule has 0 aromatic heterocycles. The van der Waals surface area contributed by atoms with Crippen molar-refractivity contribution >= 4 is 111 Å². The monoisotopic (exact) mass is 159 g/mol. The van der Waals surface area contributed by atoms with Gasteiger partial charge < -0.3 is 0 Å². The van der Waals surface area contributed by atoms with Crippen molar-refractivity contribution in [2.75, 3.05) is 0 Å². The first-order valence-corrected chi connectivity index (χ1v) is 1.75. The van der Waals surface area contributed by atoms with Crippen molar-refractivity contribution in [2.45, 2.75) is 0 Å². The molecule has 6 heteroatoms. The van der Waals surface area contributed by atoms with E-state index >= 15 is 0 Å². The first-order valence-electron chi connectivity index (χ1n) is 0.583. The van der Waals surface area contributed by atoms with Crippen molar-refractivity contribution in [3.63, 3.8) is 0 Å². The van der Waals surface area contributed by atoms with E-state index in [1.54, 1.807) is 0 Å². The van der Waals surface area contributed by atoms with E-state index in [9.17, 15) is 0 Å². The number of hydrogen-bond acceptors (Lipinski definition) is 1. The van der Waals surface area contributed by atoms with Gasteiger partial charge in [-0.15, -0.1) is 9.79 Å². The van der Waals surface area contributed by atoms with Crippen molar-refractivity contribution in [1.82, 2.24) is 0 Å². The van der Waals surface area contributed by atoms with Crippen molar-refractivity contribution in [3.8, 4) is 0 Å². The summed E-state index contributed by atoms with van der Waals surface area (Å²) in [5.41, 5.74) is 0. The van der Waals surface area contributed by atoms with Gasteiger partial charge >= 0.3 is 8.25 Å². The molecule has 2 radical (unpaired) electrons. The number of rotatable bonds is 0. The van der Waals surface area contributed by atoms with E-state index in [4.69, 9.17) is 14.4 Å². The molecule has 0 heterocycles. The van der Waals surface area contributed by atoms with Crippen LogP contribution in [-0.2, 0) is 4.57 Å². The summed E-state index contributed by atoms with van der Waals surface area (Å²) in [4.78, 5) is 14.2. The van der Waals surface area contributed by atoms with Crippen LogP contribution in [0.15, 0.2) is 0 Å². The van der Waals surface area contributed by atoms with Crippen LogP contribution < -0.4 is 0 Å². The molecule has 0 unspecified atom stereocenters. The molecule has 2 N–H and O–H groups in total. The predicted octanol–water partition coefficient (Wildman–Crippen LogP) is -1.13. The molecule has 3 nitrogen and oxygen atoms in total. The predicted molar refractivity (Wildman–Crippen MR) is 23.6 cm³/mol. The first-order chi connectivity index (χ1) is 1.73. The normalized spacial score (nSPS) is 4.33. The fourth-order valence-electron chi connectivity index (χ4n) is 0. The van der Waals surface area contributed by atoms with Crippen LogP contribution in [0.2, 0.25) is 0 Å². The molecule has 0 bridgehead atoms. The van der Waals surface area contributed by atoms with Gasteiger partial charge in [-0.05, 0) is 0 Å². The van der Waals surface area contributed by atoms with Gasteiger partial charge in [0.2, 0.25) is 0 Å². The SMILES string of the molecule is O=[P+](O)O.[K].[K]. The summed E-state index contributed by atoms with van der Waals surface area (Å²) < 4.78 is 8.70. The molecule has 0 aliphatic carbocycles. The zero-order chi connectivity index (χ0) is 3.58. The first kappa shape index (κ1) is 16.1. The van der Waals surface area contributed by atoms with Crippen LogP contribution in [0.5, 0.6) is 0 Å². The topological polar surface area (TPSA) is 57.5 Å². The van der Waals surface area contributed by atoms with Crippen LogP contribution in [0.4, 0.5) is 0 Å². The van der Waals surface area contributed by atoms with Gasteiger partial charge in [0.05, 0.1) is 0 Å². The molecule has 0 aliphatic rings. The van der Waals surface area contributed by atoms with Crippen molar-refractivity contribution in [3.05, 3.63) is 0 Å². The molecule has 0 aliphatic heterocycles. The Hall–Kier alpha value is 3.29. The molecule has 0 spiro atoms. The Bertz CT molecular complexity index is 31.8. The fourth-order valence-corrected chi connectivity index (χ4v) is 0. The van der Waals surface area contributed by atoms with Crippen LogP contribution in [0.3, 0.4) is 0 Å². The minimum atomic E-state index is -2.87. The van der Waals surface area contributed by atoms with E-state index in [-0.39, 0.29) is 103 Å². The van der Waals surface area contributed by atoms with Crippen LogP contribution >= 0.6 is 8.25 Å². The van der Waals surface area contributed by atoms with Crippen LogP contribution in [0.25, 0.3) is 0 Å². The number of hydrogen-bond donors (Lipinski definition) is 2. The van der Waals surface area contributed by atoms with Crippen molar-refractivity contribution < 1.29 is 14.4 Å². The molecule has 0 fully saturated rings. The molecule has 0 saturated carbocycles. The minimum absolute atomic E-state index is 0. The maximum Gasteiger partial charge on any atom is 0.692 e. The second-order valence-corrected chi connectivity index (χ2v) is 0.758. The zero-order valence-corrected chi connectivity index (χ0v) is 10.9. The van der Waals surface area contributed by atoms with Gasteiger partial charge in [-0.2, -0.15) is 0 Å². The molecular formula is H2K2O3P+. The van der Waals surface area contributed by atoms with E-state index in [1.807, 2.05) is 0 Å². The fraction of sp³-hybridized carbons (Fsp3) is 0. The molecule has 0 rings (SSSR count). The largest absolute Gasteiger partial charge is 0.692 e. The second kappa shape index (κ2) is 11.1. The smallest absolute Gasteiger partial charge is 0.134 e. The van der Waals surface area contributed by atoms with Crippen LogP contribution in [-0.4, -0.2) is 113 Å². The second-order valence-electron chi connectivity index (χ2n) is 0.253. The standard InChI is InChI=1S/2K.HO3P/c;;1-4(2)3/h;;(H-,1,2,3)/p+1. The molecule has 0 atom stereocenters. The van der Waals surface area contributed by atoms with E-state index < -0.39 is 8.25 Å². The van der Waals surface area contributed by atoms with E-state index in [0.717, 1.165) is 0 Å². The molecular weight excluding hydrogens is 157 g/mol. The van der Waals surface area contributed by atoms with Gasteiger partial charge in [-0.1, -0.05) is 0 Å². The van der Waals surface area contributed by atoms with Gasteiger partial charge in [0.1, 0.15) is 0 Å². The van der Waals surface area contributed by atoms with Gasteiger partial charge in [-0.25, -0.2) is 0 Å². The quantitative estimate of drug-likeness (QED) is 0.347. The molecule has 6 heavy (non-hydrogen) atoms. The van der Waals surface area contributed by atoms with Gasteiger partial charge in [-0.3, -0.25) is 0 Å². The molecule has 0 saturated heterocycles. The van der Waals surface area contributed by atoms with E-state index in [2.05, 4.69) is 0 Å². The summed E-state index contributed by atoms with van der Waals surface area (Å²) >= 11 is 0. The minimum Gasteiger partial charge on any atom is -0.134 e. The van der Waals surface area contributed by atoms with Gasteiger partial charge in [0.25, 0.3) is 0 Å². The Morgan fingerprint density at radius 3 is 1.17 bits per heavy atom. The van der Waals surface area contributed by atoms with Crippen LogP contribution in [0.1, 0.15) is 0 Å². The average Bonchev–Trinajstić information content (AvgIpc) is 0.811. The van der Waals surface area contributed by atoms with Crippen LogP contribution in [0, 0.1) is 0 Å². The Morgan fingerprint density at radius 2 is 1.17 bits per heavy atom. The maximum absolute atomic E-state index is 8.70. The van der Waals surface area contributed by atoms with Gasteiger partial charge in [0.15, 0.2) is 0 Å². The molecule has 0 amide bonds. The Kier molecular flexibility index (Phi) is 30.0. The maximum atomic E-state index is 8.70. The van der Waals surface area contributed by atoms with Crippen molar-refractivity contribution in [1.29, 1.82) is 0 Å². The van der Waals surface area contributed by atoms with E-state index in [1.165, 1.54) is 0 Å². The summed E-state index contributed by atoms with van der Waals surface area (Å²) in [5.74, 6) is 0. The van der Waals surface area contributed by atoms with Crippen molar-refractivity contribution in [2.24, 2.45) is 0 Å². The van der Waals surface area contributed by atoms with E-state index in [0.29, 0.717) is 0 Å². The molecule has 26 valence electrons. The average molecular weight is 159 g/mol. The summed E-state index contributed by atoms with van der Waals surface area (Å²) in [6.07, 6.45) is 0. The third kappa shape index (κ3) is 26.6. The Balaban J connectivity index is -0.0000000450. The Labute approximate surface area is 122 Å². The molecule has 0 aromatic rings. The summed E-state index contributed by atoms with van der Waals surface area (Å²) in [6, 6.07) is 0. The zero-order valence-electron chi connectivity index (χ0n) is 3.75. The summed E-state index contributed by atoms with van der Waals surface area (Å²) in [5, 5.41) is 0. The third-order valence-corrected chi connectivity index (χ3v) is 0. The third-order valence-electron chi connectivity index (χ3n) is 0. The summed E-state index contributed by atoms with van der Waals surface area (Å²) in [7, 11) is -2.87. The van der Waals surface area contributed by atoms with Gasteiger partial charge in [0, 0.05) is 107 Å². The summed E-state index contributed by atoms with van der Waals surface area (Å²) in [6.45, 7) is 0. The Morgan fingerprint density at radius 1 is 1.17 bits per heavy atom. The molecule has 0 aromatic carbocycles.